The summed E-state index contributed by atoms with van der Waals surface area (Å²) < 4.78 is 38.6. The summed E-state index contributed by atoms with van der Waals surface area (Å²) in [6, 6.07) is 7.28. The molecule has 0 spiro atoms. The molecule has 1 fully saturated rings. The second-order valence-electron chi connectivity index (χ2n) is 6.83. The minimum atomic E-state index is -1.53. The van der Waals surface area contributed by atoms with E-state index in [-0.39, 0.29) is 22.8 Å². The van der Waals surface area contributed by atoms with Gasteiger partial charge < -0.3 is 29.9 Å². The maximum absolute atomic E-state index is 14.3. The lowest BCUT2D eigenvalue weighted by atomic mass is 9.90. The fourth-order valence-corrected chi connectivity index (χ4v) is 3.54. The van der Waals surface area contributed by atoms with Gasteiger partial charge in [-0.2, -0.15) is 4.39 Å². The smallest absolute Gasteiger partial charge is 0.200 e. The molecule has 0 aromatic heterocycles. The van der Waals surface area contributed by atoms with Gasteiger partial charge in [0.15, 0.2) is 11.6 Å². The SMILES string of the molecule is COc1ccc(Cc2cc(C3OC(CO)C(O)C(O)C3O)ccc2Cl)c(F)c1F. The van der Waals surface area contributed by atoms with Gasteiger partial charge in [0.2, 0.25) is 5.82 Å². The molecule has 5 unspecified atom stereocenters. The van der Waals surface area contributed by atoms with E-state index in [0.29, 0.717) is 11.1 Å². The molecule has 1 saturated heterocycles. The maximum Gasteiger partial charge on any atom is 0.200 e. The van der Waals surface area contributed by atoms with Crippen LogP contribution in [0, 0.1) is 11.6 Å². The summed E-state index contributed by atoms with van der Waals surface area (Å²) in [5.41, 5.74) is 0.886. The van der Waals surface area contributed by atoms with Crippen LogP contribution in [0.4, 0.5) is 8.78 Å². The molecular formula is C20H21ClF2O6. The second-order valence-corrected chi connectivity index (χ2v) is 7.24. The first-order chi connectivity index (χ1) is 13.8. The number of benzene rings is 2. The van der Waals surface area contributed by atoms with Crippen LogP contribution in [0.3, 0.4) is 0 Å². The van der Waals surface area contributed by atoms with Gasteiger partial charge in [-0.1, -0.05) is 29.8 Å². The van der Waals surface area contributed by atoms with Crippen molar-refractivity contribution >= 4 is 11.6 Å². The van der Waals surface area contributed by atoms with E-state index in [0.717, 1.165) is 0 Å². The Bertz CT molecular complexity index is 878. The standard InChI is InChI=1S/C20H21ClF2O6/c1-28-13-5-3-9(15(22)16(13)23)6-11-7-10(2-4-12(11)21)20-19(27)18(26)17(25)14(8-24)29-20/h2-5,7,14,17-20,24-27H,6,8H2,1H3. The Morgan fingerprint density at radius 3 is 2.38 bits per heavy atom. The topological polar surface area (TPSA) is 99.4 Å². The molecule has 5 atom stereocenters. The molecular weight excluding hydrogens is 410 g/mol. The monoisotopic (exact) mass is 430 g/mol. The predicted molar refractivity (Wildman–Crippen MR) is 99.9 cm³/mol. The zero-order valence-corrected chi connectivity index (χ0v) is 16.2. The zero-order chi connectivity index (χ0) is 21.3. The summed E-state index contributed by atoms with van der Waals surface area (Å²) in [4.78, 5) is 0. The van der Waals surface area contributed by atoms with Crippen molar-refractivity contribution in [2.24, 2.45) is 0 Å². The highest BCUT2D eigenvalue weighted by Gasteiger charge is 2.44. The van der Waals surface area contributed by atoms with E-state index in [2.05, 4.69) is 0 Å². The van der Waals surface area contributed by atoms with Crippen molar-refractivity contribution in [3.8, 4) is 5.75 Å². The molecule has 9 heteroatoms. The van der Waals surface area contributed by atoms with Crippen LogP contribution in [0.5, 0.6) is 5.75 Å². The van der Waals surface area contributed by atoms with E-state index in [9.17, 15) is 29.2 Å². The summed E-state index contributed by atoms with van der Waals surface area (Å²) >= 11 is 6.21. The first kappa shape index (κ1) is 21.9. The van der Waals surface area contributed by atoms with Gasteiger partial charge in [-0.25, -0.2) is 4.39 Å². The summed E-state index contributed by atoms with van der Waals surface area (Å²) in [5, 5.41) is 39.8. The highest BCUT2D eigenvalue weighted by molar-refractivity contribution is 6.31. The summed E-state index contributed by atoms with van der Waals surface area (Å²) in [6.45, 7) is -0.557. The van der Waals surface area contributed by atoms with Crippen molar-refractivity contribution in [3.05, 3.63) is 63.7 Å². The molecule has 4 N–H and O–H groups in total. The molecule has 2 aromatic carbocycles. The molecule has 1 heterocycles. The average Bonchev–Trinajstić information content (AvgIpc) is 2.72. The van der Waals surface area contributed by atoms with E-state index in [1.165, 1.54) is 31.4 Å². The van der Waals surface area contributed by atoms with E-state index >= 15 is 0 Å². The van der Waals surface area contributed by atoms with Crippen LogP contribution in [0.1, 0.15) is 22.8 Å². The fourth-order valence-electron chi connectivity index (χ4n) is 3.36. The van der Waals surface area contributed by atoms with Crippen molar-refractivity contribution in [3.63, 3.8) is 0 Å². The third-order valence-corrected chi connectivity index (χ3v) is 5.39. The van der Waals surface area contributed by atoms with Crippen molar-refractivity contribution in [2.75, 3.05) is 13.7 Å². The van der Waals surface area contributed by atoms with Gasteiger partial charge in [0.25, 0.3) is 0 Å². The quantitative estimate of drug-likeness (QED) is 0.576. The Kier molecular flexibility index (Phi) is 6.72. The molecule has 2 aromatic rings. The number of aliphatic hydroxyl groups is 4. The lowest BCUT2D eigenvalue weighted by molar-refractivity contribution is -0.231. The van der Waals surface area contributed by atoms with Gasteiger partial charge in [0, 0.05) is 11.4 Å². The van der Waals surface area contributed by atoms with Crippen molar-refractivity contribution < 1.29 is 38.7 Å². The molecule has 3 rings (SSSR count). The number of methoxy groups -OCH3 is 1. The first-order valence-corrected chi connectivity index (χ1v) is 9.26. The number of ether oxygens (including phenoxy) is 2. The van der Waals surface area contributed by atoms with Crippen LogP contribution >= 0.6 is 11.6 Å². The molecule has 29 heavy (non-hydrogen) atoms. The Morgan fingerprint density at radius 1 is 1.00 bits per heavy atom. The Morgan fingerprint density at radius 2 is 1.72 bits per heavy atom. The normalized spacial score (nSPS) is 27.1. The molecule has 0 radical (unpaired) electrons. The Labute approximate surface area is 170 Å². The van der Waals surface area contributed by atoms with E-state index in [4.69, 9.17) is 21.1 Å². The molecule has 0 aliphatic carbocycles. The highest BCUT2D eigenvalue weighted by Crippen LogP contribution is 2.35. The molecule has 6 nitrogen and oxygen atoms in total. The zero-order valence-electron chi connectivity index (χ0n) is 15.4. The second kappa shape index (κ2) is 8.91. The molecule has 158 valence electrons. The van der Waals surface area contributed by atoms with Crippen LogP contribution < -0.4 is 4.74 Å². The van der Waals surface area contributed by atoms with Crippen molar-refractivity contribution in [1.82, 2.24) is 0 Å². The third kappa shape index (κ3) is 4.23. The largest absolute Gasteiger partial charge is 0.494 e. The van der Waals surface area contributed by atoms with E-state index < -0.39 is 48.8 Å². The average molecular weight is 431 g/mol. The number of aliphatic hydroxyl groups excluding tert-OH is 4. The number of rotatable bonds is 5. The number of hydrogen-bond acceptors (Lipinski definition) is 6. The molecule has 0 bridgehead atoms. The highest BCUT2D eigenvalue weighted by atomic mass is 35.5. The van der Waals surface area contributed by atoms with Gasteiger partial charge in [-0.3, -0.25) is 0 Å². The molecule has 1 aliphatic rings. The predicted octanol–water partition coefficient (Wildman–Crippen LogP) is 1.73. The van der Waals surface area contributed by atoms with Crippen LogP contribution in [0.25, 0.3) is 0 Å². The summed E-state index contributed by atoms with van der Waals surface area (Å²) in [5.74, 6) is -2.38. The van der Waals surface area contributed by atoms with Gasteiger partial charge in [-0.05, 0) is 28.8 Å². The lowest BCUT2D eigenvalue weighted by Gasteiger charge is -2.40. The summed E-state index contributed by atoms with van der Waals surface area (Å²) in [6.07, 6.45) is -6.63. The lowest BCUT2D eigenvalue weighted by Crippen LogP contribution is -2.55. The summed E-state index contributed by atoms with van der Waals surface area (Å²) in [7, 11) is 1.23. The Balaban J connectivity index is 1.92. The molecule has 0 amide bonds. The number of halogens is 3. The Hall–Kier alpha value is -1.81. The third-order valence-electron chi connectivity index (χ3n) is 5.02. The minimum absolute atomic E-state index is 0.0448. The molecule has 1 aliphatic heterocycles. The fraction of sp³-hybridized carbons (Fsp3) is 0.400. The minimum Gasteiger partial charge on any atom is -0.494 e. The van der Waals surface area contributed by atoms with Gasteiger partial charge >= 0.3 is 0 Å². The van der Waals surface area contributed by atoms with Crippen LogP contribution in [0.2, 0.25) is 5.02 Å². The van der Waals surface area contributed by atoms with Crippen LogP contribution in [0.15, 0.2) is 30.3 Å². The number of hydrogen-bond donors (Lipinski definition) is 4. The van der Waals surface area contributed by atoms with Crippen LogP contribution in [-0.2, 0) is 11.2 Å². The maximum atomic E-state index is 14.3. The first-order valence-electron chi connectivity index (χ1n) is 8.88. The molecule has 0 saturated carbocycles. The van der Waals surface area contributed by atoms with Gasteiger partial charge in [0.1, 0.15) is 30.5 Å². The van der Waals surface area contributed by atoms with Crippen LogP contribution in [-0.4, -0.2) is 58.6 Å². The van der Waals surface area contributed by atoms with Crippen molar-refractivity contribution in [2.45, 2.75) is 36.9 Å². The van der Waals surface area contributed by atoms with E-state index in [1.54, 1.807) is 6.07 Å². The van der Waals surface area contributed by atoms with Gasteiger partial charge in [0.05, 0.1) is 13.7 Å². The van der Waals surface area contributed by atoms with Gasteiger partial charge in [-0.15, -0.1) is 0 Å². The van der Waals surface area contributed by atoms with Crippen molar-refractivity contribution in [1.29, 1.82) is 0 Å². The van der Waals surface area contributed by atoms with E-state index in [1.807, 2.05) is 0 Å².